The van der Waals surface area contributed by atoms with E-state index in [1.807, 2.05) is 6.07 Å². The summed E-state index contributed by atoms with van der Waals surface area (Å²) >= 11 is 0. The van der Waals surface area contributed by atoms with Gasteiger partial charge < -0.3 is 9.84 Å². The molecule has 2 nitrogen and oxygen atoms in total. The zero-order valence-electron chi connectivity index (χ0n) is 12.4. The molecule has 0 amide bonds. The van der Waals surface area contributed by atoms with Crippen LogP contribution in [0.15, 0.2) is 12.1 Å². The van der Waals surface area contributed by atoms with Crippen molar-refractivity contribution in [1.82, 2.24) is 0 Å². The van der Waals surface area contributed by atoms with Gasteiger partial charge in [-0.15, -0.1) is 0 Å². The number of benzene rings is 1. The van der Waals surface area contributed by atoms with Crippen molar-refractivity contribution in [3.05, 3.63) is 28.8 Å². The maximum Gasteiger partial charge on any atom is 0.125 e. The van der Waals surface area contributed by atoms with E-state index >= 15 is 0 Å². The Morgan fingerprint density at radius 2 is 1.74 bits per heavy atom. The Morgan fingerprint density at radius 3 is 2.32 bits per heavy atom. The van der Waals surface area contributed by atoms with Crippen LogP contribution in [0.4, 0.5) is 0 Å². The number of aliphatic hydroxyl groups excluding tert-OH is 1. The number of hydrogen-bond acceptors (Lipinski definition) is 2. The molecular weight excluding hydrogens is 236 g/mol. The molecule has 0 aliphatic heterocycles. The van der Waals surface area contributed by atoms with Crippen LogP contribution in [0.1, 0.15) is 61.3 Å². The average Bonchev–Trinajstić information content (AvgIpc) is 2.65. The summed E-state index contributed by atoms with van der Waals surface area (Å²) in [6.45, 7) is 4.14. The fraction of sp³-hybridized carbons (Fsp3) is 0.647. The molecular formula is C17H26O2. The van der Waals surface area contributed by atoms with Crippen LogP contribution < -0.4 is 4.74 Å². The molecule has 1 atom stereocenters. The first-order chi connectivity index (χ1) is 9.13. The fourth-order valence-corrected chi connectivity index (χ4v) is 3.35. The molecule has 1 aliphatic rings. The normalized spacial score (nSPS) is 18.9. The van der Waals surface area contributed by atoms with Crippen LogP contribution in [0.5, 0.6) is 5.75 Å². The second-order valence-electron chi connectivity index (χ2n) is 5.89. The quantitative estimate of drug-likeness (QED) is 0.822. The van der Waals surface area contributed by atoms with Crippen LogP contribution in [0.3, 0.4) is 0 Å². The van der Waals surface area contributed by atoms with Crippen LogP contribution in [0, 0.1) is 19.8 Å². The number of hydrogen-bond donors (Lipinski definition) is 1. The van der Waals surface area contributed by atoms with Crippen LogP contribution in [0.25, 0.3) is 0 Å². The van der Waals surface area contributed by atoms with E-state index in [1.54, 1.807) is 7.11 Å². The van der Waals surface area contributed by atoms with Crippen molar-refractivity contribution in [2.75, 3.05) is 7.11 Å². The maximum absolute atomic E-state index is 10.8. The van der Waals surface area contributed by atoms with Crippen LogP contribution in [0.2, 0.25) is 0 Å². The van der Waals surface area contributed by atoms with Crippen LogP contribution in [-0.2, 0) is 0 Å². The van der Waals surface area contributed by atoms with Crippen molar-refractivity contribution in [1.29, 1.82) is 0 Å². The highest BCUT2D eigenvalue weighted by Gasteiger charge is 2.26. The lowest BCUT2D eigenvalue weighted by Crippen LogP contribution is -2.14. The Balaban J connectivity index is 2.28. The Labute approximate surface area is 116 Å². The number of ether oxygens (including phenoxy) is 1. The molecule has 0 heterocycles. The third-order valence-corrected chi connectivity index (χ3v) is 4.36. The minimum atomic E-state index is -0.381. The van der Waals surface area contributed by atoms with Crippen molar-refractivity contribution in [3.8, 4) is 5.75 Å². The van der Waals surface area contributed by atoms with Crippen molar-refractivity contribution >= 4 is 0 Å². The summed E-state index contributed by atoms with van der Waals surface area (Å²) in [4.78, 5) is 0. The minimum Gasteiger partial charge on any atom is -0.496 e. The summed E-state index contributed by atoms with van der Waals surface area (Å²) < 4.78 is 5.49. The van der Waals surface area contributed by atoms with Crippen molar-refractivity contribution in [2.45, 2.75) is 58.5 Å². The van der Waals surface area contributed by atoms with E-state index in [4.69, 9.17) is 4.74 Å². The molecule has 1 unspecified atom stereocenters. The molecule has 2 rings (SSSR count). The largest absolute Gasteiger partial charge is 0.496 e. The van der Waals surface area contributed by atoms with E-state index < -0.39 is 0 Å². The lowest BCUT2D eigenvalue weighted by Gasteiger charge is -2.25. The Bertz CT molecular complexity index is 418. The van der Waals surface area contributed by atoms with Gasteiger partial charge in [0.15, 0.2) is 0 Å². The van der Waals surface area contributed by atoms with Gasteiger partial charge in [0.2, 0.25) is 0 Å². The second kappa shape index (κ2) is 6.42. The fourth-order valence-electron chi connectivity index (χ4n) is 3.35. The summed E-state index contributed by atoms with van der Waals surface area (Å²) in [6.07, 6.45) is 7.01. The summed E-state index contributed by atoms with van der Waals surface area (Å²) in [6, 6.07) is 4.17. The molecule has 1 aromatic rings. The van der Waals surface area contributed by atoms with Gasteiger partial charge in [-0.3, -0.25) is 0 Å². The Hall–Kier alpha value is -1.02. The first-order valence-corrected chi connectivity index (χ1v) is 7.46. The number of aryl methyl sites for hydroxylation is 2. The lowest BCUT2D eigenvalue weighted by atomic mass is 9.86. The summed E-state index contributed by atoms with van der Waals surface area (Å²) in [5, 5.41) is 10.8. The van der Waals surface area contributed by atoms with E-state index in [-0.39, 0.29) is 6.10 Å². The zero-order chi connectivity index (χ0) is 13.8. The third-order valence-electron chi connectivity index (χ3n) is 4.36. The third kappa shape index (κ3) is 3.30. The van der Waals surface area contributed by atoms with E-state index in [0.29, 0.717) is 5.92 Å². The highest BCUT2D eigenvalue weighted by atomic mass is 16.5. The van der Waals surface area contributed by atoms with Gasteiger partial charge in [-0.05, 0) is 49.8 Å². The molecule has 0 saturated heterocycles. The maximum atomic E-state index is 10.8. The van der Waals surface area contributed by atoms with Crippen molar-refractivity contribution in [2.24, 2.45) is 5.92 Å². The zero-order valence-corrected chi connectivity index (χ0v) is 12.4. The van der Waals surface area contributed by atoms with E-state index in [0.717, 1.165) is 29.7 Å². The van der Waals surface area contributed by atoms with Gasteiger partial charge in [0.1, 0.15) is 5.75 Å². The van der Waals surface area contributed by atoms with Gasteiger partial charge in [-0.25, -0.2) is 0 Å². The number of methoxy groups -OCH3 is 1. The monoisotopic (exact) mass is 262 g/mol. The van der Waals surface area contributed by atoms with Crippen LogP contribution >= 0.6 is 0 Å². The Morgan fingerprint density at radius 1 is 1.11 bits per heavy atom. The topological polar surface area (TPSA) is 29.5 Å². The van der Waals surface area contributed by atoms with Crippen molar-refractivity contribution in [3.63, 3.8) is 0 Å². The standard InChI is InChI=1S/C17H26O2/c1-12-10-13(2)16(15(11-12)19-3)17(18)14-8-6-4-5-7-9-14/h10-11,14,17-18H,4-9H2,1-3H3. The highest BCUT2D eigenvalue weighted by molar-refractivity contribution is 5.44. The van der Waals surface area contributed by atoms with Gasteiger partial charge in [0.25, 0.3) is 0 Å². The minimum absolute atomic E-state index is 0.381. The van der Waals surface area contributed by atoms with E-state index in [1.165, 1.54) is 31.2 Å². The number of rotatable bonds is 3. The number of aliphatic hydroxyl groups is 1. The first kappa shape index (κ1) is 14.4. The molecule has 1 N–H and O–H groups in total. The van der Waals surface area contributed by atoms with E-state index in [9.17, 15) is 5.11 Å². The SMILES string of the molecule is COc1cc(C)cc(C)c1C(O)C1CCCCCC1. The van der Waals surface area contributed by atoms with Gasteiger partial charge >= 0.3 is 0 Å². The van der Waals surface area contributed by atoms with Gasteiger partial charge in [0, 0.05) is 5.56 Å². The highest BCUT2D eigenvalue weighted by Crippen LogP contribution is 2.39. The lowest BCUT2D eigenvalue weighted by molar-refractivity contribution is 0.0955. The molecule has 2 heteroatoms. The molecule has 0 bridgehead atoms. The molecule has 1 aliphatic carbocycles. The molecule has 0 aromatic heterocycles. The second-order valence-corrected chi connectivity index (χ2v) is 5.89. The summed E-state index contributed by atoms with van der Waals surface area (Å²) in [7, 11) is 1.69. The molecule has 1 fully saturated rings. The smallest absolute Gasteiger partial charge is 0.125 e. The molecule has 0 radical (unpaired) electrons. The average molecular weight is 262 g/mol. The molecule has 19 heavy (non-hydrogen) atoms. The Kier molecular flexibility index (Phi) is 4.87. The predicted octanol–water partition coefficient (Wildman–Crippen LogP) is 4.32. The van der Waals surface area contributed by atoms with Gasteiger partial charge in [-0.1, -0.05) is 31.7 Å². The molecule has 1 saturated carbocycles. The van der Waals surface area contributed by atoms with Gasteiger partial charge in [-0.2, -0.15) is 0 Å². The summed E-state index contributed by atoms with van der Waals surface area (Å²) in [5.74, 6) is 1.23. The molecule has 106 valence electrons. The van der Waals surface area contributed by atoms with Gasteiger partial charge in [0.05, 0.1) is 13.2 Å². The predicted molar refractivity (Wildman–Crippen MR) is 78.6 cm³/mol. The summed E-state index contributed by atoms with van der Waals surface area (Å²) in [5.41, 5.74) is 3.33. The van der Waals surface area contributed by atoms with E-state index in [2.05, 4.69) is 19.9 Å². The van der Waals surface area contributed by atoms with Crippen molar-refractivity contribution < 1.29 is 9.84 Å². The molecule has 1 aromatic carbocycles. The van der Waals surface area contributed by atoms with Crippen LogP contribution in [-0.4, -0.2) is 12.2 Å². The molecule has 0 spiro atoms. The first-order valence-electron chi connectivity index (χ1n) is 7.46.